The van der Waals surface area contributed by atoms with E-state index in [2.05, 4.69) is 4.98 Å². The van der Waals surface area contributed by atoms with Gasteiger partial charge in [-0.05, 0) is 42.5 Å². The number of nitrogens with zero attached hydrogens (tertiary/aromatic N) is 1. The van der Waals surface area contributed by atoms with Gasteiger partial charge in [0.25, 0.3) is 0 Å². The summed E-state index contributed by atoms with van der Waals surface area (Å²) in [5.41, 5.74) is 0.418. The highest BCUT2D eigenvalue weighted by Gasteiger charge is 2.23. The highest BCUT2D eigenvalue weighted by Crippen LogP contribution is 2.33. The molecule has 0 amide bonds. The molecule has 0 radical (unpaired) electrons. The molecule has 0 saturated carbocycles. The van der Waals surface area contributed by atoms with E-state index < -0.39 is 15.7 Å². The normalized spacial score (nSPS) is 11.8. The van der Waals surface area contributed by atoms with Gasteiger partial charge in [-0.3, -0.25) is 4.98 Å². The van der Waals surface area contributed by atoms with Gasteiger partial charge < -0.3 is 0 Å². The number of halogens is 3. The van der Waals surface area contributed by atoms with Crippen LogP contribution in [0.3, 0.4) is 0 Å². The summed E-state index contributed by atoms with van der Waals surface area (Å²) in [5.74, 6) is -0.516. The second-order valence-corrected chi connectivity index (χ2v) is 7.29. The molecule has 22 heavy (non-hydrogen) atoms. The van der Waals surface area contributed by atoms with Crippen molar-refractivity contribution in [3.8, 4) is 0 Å². The van der Waals surface area contributed by atoms with Crippen molar-refractivity contribution < 1.29 is 12.8 Å². The average molecular weight is 356 g/mol. The van der Waals surface area contributed by atoms with Crippen molar-refractivity contribution in [3.63, 3.8) is 0 Å². The molecule has 0 N–H and O–H groups in total. The van der Waals surface area contributed by atoms with Crippen LogP contribution in [0, 0.1) is 5.82 Å². The van der Waals surface area contributed by atoms with Gasteiger partial charge in [0.05, 0.1) is 15.4 Å². The SMILES string of the molecule is O=S(=O)(c1ccc(Cl)cc1)c1cnc2ccc(F)cc2c1Cl. The Balaban J connectivity index is 2.25. The molecule has 0 unspecified atom stereocenters. The van der Waals surface area contributed by atoms with Crippen molar-refractivity contribution in [1.82, 2.24) is 4.98 Å². The van der Waals surface area contributed by atoms with Crippen molar-refractivity contribution in [2.45, 2.75) is 9.79 Å². The molecule has 3 nitrogen and oxygen atoms in total. The number of benzene rings is 2. The molecule has 0 fully saturated rings. The highest BCUT2D eigenvalue weighted by molar-refractivity contribution is 7.91. The fraction of sp³-hybridized carbons (Fsp3) is 0. The van der Waals surface area contributed by atoms with E-state index in [0.29, 0.717) is 10.5 Å². The van der Waals surface area contributed by atoms with Crippen molar-refractivity contribution >= 4 is 43.9 Å². The maximum absolute atomic E-state index is 13.4. The van der Waals surface area contributed by atoms with E-state index in [9.17, 15) is 12.8 Å². The third-order valence-corrected chi connectivity index (χ3v) is 5.70. The lowest BCUT2D eigenvalue weighted by atomic mass is 10.2. The first-order valence-corrected chi connectivity index (χ1v) is 8.38. The molecule has 0 spiro atoms. The summed E-state index contributed by atoms with van der Waals surface area (Å²) in [7, 11) is -3.87. The summed E-state index contributed by atoms with van der Waals surface area (Å²) < 4.78 is 38.6. The Hall–Kier alpha value is -1.69. The van der Waals surface area contributed by atoms with Crippen molar-refractivity contribution in [2.24, 2.45) is 0 Å². The summed E-state index contributed by atoms with van der Waals surface area (Å²) >= 11 is 11.9. The van der Waals surface area contributed by atoms with Gasteiger partial charge in [-0.25, -0.2) is 12.8 Å². The van der Waals surface area contributed by atoms with Gasteiger partial charge >= 0.3 is 0 Å². The largest absolute Gasteiger partial charge is 0.255 e. The molecule has 0 bridgehead atoms. The van der Waals surface area contributed by atoms with Gasteiger partial charge in [0.1, 0.15) is 10.7 Å². The molecular weight excluding hydrogens is 348 g/mol. The van der Waals surface area contributed by atoms with Gasteiger partial charge in [-0.1, -0.05) is 23.2 Å². The van der Waals surface area contributed by atoms with Crippen molar-refractivity contribution in [1.29, 1.82) is 0 Å². The zero-order chi connectivity index (χ0) is 15.9. The smallest absolute Gasteiger partial charge is 0.209 e. The number of sulfone groups is 1. The van der Waals surface area contributed by atoms with Gasteiger partial charge in [-0.15, -0.1) is 0 Å². The summed E-state index contributed by atoms with van der Waals surface area (Å²) in [6.07, 6.45) is 1.17. The minimum absolute atomic E-state index is 0.0383. The molecule has 0 saturated heterocycles. The zero-order valence-corrected chi connectivity index (χ0v) is 13.3. The van der Waals surface area contributed by atoms with Gasteiger partial charge in [-0.2, -0.15) is 0 Å². The number of rotatable bonds is 2. The Kier molecular flexibility index (Phi) is 3.80. The van der Waals surface area contributed by atoms with E-state index >= 15 is 0 Å². The molecule has 0 atom stereocenters. The highest BCUT2D eigenvalue weighted by atomic mass is 35.5. The van der Waals surface area contributed by atoms with Crippen LogP contribution in [0.1, 0.15) is 0 Å². The third kappa shape index (κ3) is 2.56. The number of fused-ring (bicyclic) bond motifs is 1. The molecule has 0 aliphatic heterocycles. The molecule has 3 aromatic rings. The number of pyridine rings is 1. The minimum atomic E-state index is -3.87. The van der Waals surface area contributed by atoms with Crippen LogP contribution in [0.2, 0.25) is 10.0 Å². The van der Waals surface area contributed by atoms with Gasteiger partial charge in [0, 0.05) is 16.6 Å². The Morgan fingerprint density at radius 2 is 1.68 bits per heavy atom. The summed E-state index contributed by atoms with van der Waals surface area (Å²) in [5, 5.41) is 0.611. The lowest BCUT2D eigenvalue weighted by Crippen LogP contribution is -2.04. The lowest BCUT2D eigenvalue weighted by molar-refractivity contribution is 0.596. The summed E-state index contributed by atoms with van der Waals surface area (Å²) in [4.78, 5) is 3.90. The fourth-order valence-corrected chi connectivity index (χ4v) is 3.96. The predicted octanol–water partition coefficient (Wildman–Crippen LogP) is 4.51. The summed E-state index contributed by atoms with van der Waals surface area (Å²) in [6, 6.07) is 9.53. The Labute approximate surface area is 136 Å². The van der Waals surface area contributed by atoms with Crippen LogP contribution in [-0.2, 0) is 9.84 Å². The molecule has 3 rings (SSSR count). The Bertz CT molecular complexity index is 973. The zero-order valence-electron chi connectivity index (χ0n) is 10.9. The molecule has 1 heterocycles. The first-order chi connectivity index (χ1) is 10.4. The first-order valence-electron chi connectivity index (χ1n) is 6.14. The quantitative estimate of drug-likeness (QED) is 0.679. The van der Waals surface area contributed by atoms with E-state index in [-0.39, 0.29) is 20.2 Å². The van der Waals surface area contributed by atoms with Gasteiger partial charge in [0.2, 0.25) is 9.84 Å². The van der Waals surface area contributed by atoms with E-state index in [4.69, 9.17) is 23.2 Å². The van der Waals surface area contributed by atoms with Crippen LogP contribution >= 0.6 is 23.2 Å². The topological polar surface area (TPSA) is 47.0 Å². The van der Waals surface area contributed by atoms with Crippen molar-refractivity contribution in [3.05, 3.63) is 64.5 Å². The maximum atomic E-state index is 13.4. The van der Waals surface area contributed by atoms with Crippen LogP contribution in [0.15, 0.2) is 58.5 Å². The van der Waals surface area contributed by atoms with Crippen LogP contribution in [-0.4, -0.2) is 13.4 Å². The van der Waals surface area contributed by atoms with Crippen LogP contribution < -0.4 is 0 Å². The molecule has 0 aliphatic rings. The second-order valence-electron chi connectivity index (χ2n) is 4.56. The molecule has 7 heteroatoms. The Morgan fingerprint density at radius 3 is 2.36 bits per heavy atom. The maximum Gasteiger partial charge on any atom is 0.209 e. The van der Waals surface area contributed by atoms with E-state index in [0.717, 1.165) is 6.07 Å². The standard InChI is InChI=1S/C15H8Cl2FNO2S/c16-9-1-4-11(5-2-9)22(20,21)14-8-19-13-6-3-10(18)7-12(13)15(14)17/h1-8H. The molecular formula is C15H8Cl2FNO2S. The molecule has 2 aromatic carbocycles. The monoisotopic (exact) mass is 355 g/mol. The lowest BCUT2D eigenvalue weighted by Gasteiger charge is -2.09. The van der Waals surface area contributed by atoms with Gasteiger partial charge in [0.15, 0.2) is 0 Å². The number of aromatic nitrogens is 1. The molecule has 0 aliphatic carbocycles. The van der Waals surface area contributed by atoms with E-state index in [1.165, 1.54) is 42.6 Å². The van der Waals surface area contributed by atoms with E-state index in [1.807, 2.05) is 0 Å². The average Bonchev–Trinajstić information content (AvgIpc) is 2.48. The summed E-state index contributed by atoms with van der Waals surface area (Å²) in [6.45, 7) is 0. The first kappa shape index (κ1) is 15.2. The molecule has 112 valence electrons. The number of hydrogen-bond donors (Lipinski definition) is 0. The Morgan fingerprint density at radius 1 is 1.00 bits per heavy atom. The second kappa shape index (κ2) is 5.50. The third-order valence-electron chi connectivity index (χ3n) is 3.15. The van der Waals surface area contributed by atoms with Crippen LogP contribution in [0.25, 0.3) is 10.9 Å². The number of hydrogen-bond acceptors (Lipinski definition) is 3. The predicted molar refractivity (Wildman–Crippen MR) is 83.6 cm³/mol. The van der Waals surface area contributed by atoms with Crippen molar-refractivity contribution in [2.75, 3.05) is 0 Å². The minimum Gasteiger partial charge on any atom is -0.255 e. The van der Waals surface area contributed by atoms with Crippen LogP contribution in [0.5, 0.6) is 0 Å². The molecule has 1 aromatic heterocycles. The van der Waals surface area contributed by atoms with E-state index in [1.54, 1.807) is 0 Å². The van der Waals surface area contributed by atoms with Crippen LogP contribution in [0.4, 0.5) is 4.39 Å². The fourth-order valence-electron chi connectivity index (χ4n) is 2.04.